The van der Waals surface area contributed by atoms with Crippen LogP contribution in [0.1, 0.15) is 22.9 Å². The number of nitrogens with one attached hydrogen (secondary N) is 2. The van der Waals surface area contributed by atoms with Gasteiger partial charge >= 0.3 is 0 Å². The van der Waals surface area contributed by atoms with Crippen molar-refractivity contribution in [2.45, 2.75) is 12.5 Å². The molecule has 30 heavy (non-hydrogen) atoms. The van der Waals surface area contributed by atoms with Crippen LogP contribution in [0.15, 0.2) is 61.1 Å². The van der Waals surface area contributed by atoms with E-state index in [-0.39, 0.29) is 24.2 Å². The first-order valence-corrected chi connectivity index (χ1v) is 9.44. The van der Waals surface area contributed by atoms with Gasteiger partial charge in [-0.3, -0.25) is 4.79 Å². The van der Waals surface area contributed by atoms with E-state index in [2.05, 4.69) is 26.4 Å². The van der Waals surface area contributed by atoms with Gasteiger partial charge in [0, 0.05) is 29.6 Å². The maximum absolute atomic E-state index is 12.5. The summed E-state index contributed by atoms with van der Waals surface area (Å²) >= 11 is 0. The number of amides is 1. The molecule has 4 aromatic rings. The fourth-order valence-electron chi connectivity index (χ4n) is 3.47. The number of hydrogen-bond acceptors (Lipinski definition) is 5. The highest BCUT2D eigenvalue weighted by Crippen LogP contribution is 2.31. The minimum atomic E-state index is -0.206. The summed E-state index contributed by atoms with van der Waals surface area (Å²) in [6.45, 7) is 0.407. The van der Waals surface area contributed by atoms with E-state index in [0.29, 0.717) is 6.54 Å². The molecule has 0 aliphatic rings. The first-order chi connectivity index (χ1) is 14.7. The zero-order chi connectivity index (χ0) is 20.9. The molecule has 0 spiro atoms. The normalized spacial score (nSPS) is 11.7. The number of ether oxygens (including phenoxy) is 1. The van der Waals surface area contributed by atoms with Gasteiger partial charge in [-0.25, -0.2) is 9.67 Å². The van der Waals surface area contributed by atoms with Gasteiger partial charge in [0.05, 0.1) is 7.11 Å². The lowest BCUT2D eigenvalue weighted by Crippen LogP contribution is -2.32. The number of methoxy groups -OCH3 is 1. The molecule has 8 nitrogen and oxygen atoms in total. The van der Waals surface area contributed by atoms with Gasteiger partial charge < -0.3 is 15.0 Å². The number of nitriles is 1. The number of hydrogen-bond donors (Lipinski definition) is 2. The first kappa shape index (κ1) is 19.2. The van der Waals surface area contributed by atoms with E-state index in [9.17, 15) is 4.79 Å². The molecule has 0 bridgehead atoms. The summed E-state index contributed by atoms with van der Waals surface area (Å²) in [4.78, 5) is 19.6. The van der Waals surface area contributed by atoms with Crippen molar-refractivity contribution in [1.29, 1.82) is 5.26 Å². The number of H-pyrrole nitrogens is 1. The summed E-state index contributed by atoms with van der Waals surface area (Å²) in [5, 5.41) is 16.8. The van der Waals surface area contributed by atoms with E-state index in [4.69, 9.17) is 10.00 Å². The van der Waals surface area contributed by atoms with Crippen LogP contribution in [0, 0.1) is 11.3 Å². The number of aromatic amines is 1. The number of carbonyl (C=O) groups is 1. The number of aromatic nitrogens is 4. The van der Waals surface area contributed by atoms with Crippen molar-refractivity contribution in [3.05, 3.63) is 78.0 Å². The Bertz CT molecular complexity index is 1200. The zero-order valence-electron chi connectivity index (χ0n) is 16.4. The molecule has 2 aromatic carbocycles. The standard InChI is InChI=1S/C22H20N6O2/c1-30-16-8-6-15(7-9-16)18(19-12-24-20-5-3-2-4-17(19)20)11-25-22(29)13-28-14-26-21(10-23)27-28/h2-9,12,14,18,24H,11,13H2,1H3,(H,25,29). The minimum absolute atomic E-state index is 0.00209. The minimum Gasteiger partial charge on any atom is -0.497 e. The van der Waals surface area contributed by atoms with E-state index < -0.39 is 0 Å². The van der Waals surface area contributed by atoms with Crippen molar-refractivity contribution >= 4 is 16.8 Å². The third-order valence-corrected chi connectivity index (χ3v) is 4.96. The summed E-state index contributed by atoms with van der Waals surface area (Å²) in [5.41, 5.74) is 3.21. The topological polar surface area (TPSA) is 109 Å². The third kappa shape index (κ3) is 4.00. The molecule has 0 saturated heterocycles. The van der Waals surface area contributed by atoms with Crippen LogP contribution >= 0.6 is 0 Å². The van der Waals surface area contributed by atoms with E-state index in [1.54, 1.807) is 7.11 Å². The molecular formula is C22H20N6O2. The predicted octanol–water partition coefficient (Wildman–Crippen LogP) is 2.59. The number of nitrogens with zero attached hydrogens (tertiary/aromatic N) is 4. The van der Waals surface area contributed by atoms with Crippen LogP contribution in [0.25, 0.3) is 10.9 Å². The van der Waals surface area contributed by atoms with Gasteiger partial charge in [-0.05, 0) is 29.3 Å². The average Bonchev–Trinajstić information content (AvgIpc) is 3.41. The molecule has 0 aliphatic carbocycles. The van der Waals surface area contributed by atoms with Crippen LogP contribution in [-0.4, -0.2) is 39.3 Å². The van der Waals surface area contributed by atoms with Crippen molar-refractivity contribution < 1.29 is 9.53 Å². The lowest BCUT2D eigenvalue weighted by Gasteiger charge is -2.18. The average molecular weight is 400 g/mol. The SMILES string of the molecule is COc1ccc(C(CNC(=O)Cn2cnc(C#N)n2)c2c[nH]c3ccccc23)cc1. The Morgan fingerprint density at radius 1 is 1.27 bits per heavy atom. The molecule has 2 N–H and O–H groups in total. The molecular weight excluding hydrogens is 380 g/mol. The van der Waals surface area contributed by atoms with E-state index >= 15 is 0 Å². The van der Waals surface area contributed by atoms with Gasteiger partial charge in [0.25, 0.3) is 5.82 Å². The van der Waals surface area contributed by atoms with Gasteiger partial charge in [-0.2, -0.15) is 5.26 Å². The number of benzene rings is 2. The smallest absolute Gasteiger partial charge is 0.252 e. The van der Waals surface area contributed by atoms with Crippen LogP contribution in [0.5, 0.6) is 5.75 Å². The van der Waals surface area contributed by atoms with Crippen molar-refractivity contribution in [2.75, 3.05) is 13.7 Å². The summed E-state index contributed by atoms with van der Waals surface area (Å²) in [7, 11) is 1.63. The number of para-hydroxylation sites is 1. The Labute approximate surface area is 173 Å². The second-order valence-corrected chi connectivity index (χ2v) is 6.80. The summed E-state index contributed by atoms with van der Waals surface area (Å²) in [5.74, 6) is 0.557. The van der Waals surface area contributed by atoms with Gasteiger partial charge in [0.15, 0.2) is 0 Å². The lowest BCUT2D eigenvalue weighted by molar-refractivity contribution is -0.121. The summed E-state index contributed by atoms with van der Waals surface area (Å²) < 4.78 is 6.62. The number of carbonyl (C=O) groups excluding carboxylic acids is 1. The highest BCUT2D eigenvalue weighted by molar-refractivity contribution is 5.84. The van der Waals surface area contributed by atoms with Crippen molar-refractivity contribution in [3.63, 3.8) is 0 Å². The summed E-state index contributed by atoms with van der Waals surface area (Å²) in [6.07, 6.45) is 3.36. The van der Waals surface area contributed by atoms with Crippen LogP contribution in [-0.2, 0) is 11.3 Å². The second kappa shape index (κ2) is 8.49. The Morgan fingerprint density at radius 2 is 2.07 bits per heavy atom. The largest absolute Gasteiger partial charge is 0.497 e. The van der Waals surface area contributed by atoms with E-state index in [0.717, 1.165) is 27.8 Å². The van der Waals surface area contributed by atoms with Gasteiger partial charge in [-0.1, -0.05) is 30.3 Å². The first-order valence-electron chi connectivity index (χ1n) is 9.44. The quantitative estimate of drug-likeness (QED) is 0.496. The molecule has 2 aromatic heterocycles. The second-order valence-electron chi connectivity index (χ2n) is 6.80. The lowest BCUT2D eigenvalue weighted by atomic mass is 9.91. The highest BCUT2D eigenvalue weighted by Gasteiger charge is 2.19. The zero-order valence-corrected chi connectivity index (χ0v) is 16.4. The summed E-state index contributed by atoms with van der Waals surface area (Å²) in [6, 6.07) is 17.8. The Balaban J connectivity index is 1.57. The van der Waals surface area contributed by atoms with Crippen molar-refractivity contribution in [2.24, 2.45) is 0 Å². The molecule has 1 amide bonds. The van der Waals surface area contributed by atoms with Crippen molar-refractivity contribution in [1.82, 2.24) is 25.1 Å². The Kier molecular flexibility index (Phi) is 5.44. The fourth-order valence-corrected chi connectivity index (χ4v) is 3.47. The number of fused-ring (bicyclic) bond motifs is 1. The third-order valence-electron chi connectivity index (χ3n) is 4.96. The Hall–Kier alpha value is -4.12. The molecule has 4 rings (SSSR count). The van der Waals surface area contributed by atoms with E-state index in [1.165, 1.54) is 11.0 Å². The molecule has 0 saturated carbocycles. The highest BCUT2D eigenvalue weighted by atomic mass is 16.5. The van der Waals surface area contributed by atoms with Crippen LogP contribution in [0.4, 0.5) is 0 Å². The molecule has 2 heterocycles. The van der Waals surface area contributed by atoms with Gasteiger partial charge in [0.1, 0.15) is 24.7 Å². The molecule has 150 valence electrons. The number of rotatable bonds is 7. The molecule has 0 radical (unpaired) electrons. The molecule has 0 aliphatic heterocycles. The van der Waals surface area contributed by atoms with Crippen LogP contribution < -0.4 is 10.1 Å². The monoisotopic (exact) mass is 400 g/mol. The Morgan fingerprint density at radius 3 is 2.80 bits per heavy atom. The van der Waals surface area contributed by atoms with Crippen LogP contribution in [0.2, 0.25) is 0 Å². The molecule has 0 fully saturated rings. The maximum Gasteiger partial charge on any atom is 0.252 e. The molecule has 8 heteroatoms. The van der Waals surface area contributed by atoms with Crippen LogP contribution in [0.3, 0.4) is 0 Å². The molecule has 1 unspecified atom stereocenters. The van der Waals surface area contributed by atoms with Gasteiger partial charge in [0.2, 0.25) is 5.91 Å². The van der Waals surface area contributed by atoms with Crippen molar-refractivity contribution in [3.8, 4) is 11.8 Å². The maximum atomic E-state index is 12.5. The van der Waals surface area contributed by atoms with E-state index in [1.807, 2.05) is 54.7 Å². The predicted molar refractivity (Wildman–Crippen MR) is 111 cm³/mol. The molecule has 1 atom stereocenters. The van der Waals surface area contributed by atoms with Gasteiger partial charge in [-0.15, -0.1) is 5.10 Å². The fraction of sp³-hybridized carbons (Fsp3) is 0.182.